The van der Waals surface area contributed by atoms with Gasteiger partial charge < -0.3 is 15.0 Å². The van der Waals surface area contributed by atoms with Gasteiger partial charge in [-0.2, -0.15) is 0 Å². The zero-order valence-electron chi connectivity index (χ0n) is 12.2. The summed E-state index contributed by atoms with van der Waals surface area (Å²) in [5.74, 6) is 0. The molecule has 2 aliphatic heterocycles. The van der Waals surface area contributed by atoms with Gasteiger partial charge in [-0.15, -0.1) is 0 Å². The molecular weight excluding hydrogens is 252 g/mol. The Morgan fingerprint density at radius 1 is 1.30 bits per heavy atom. The smallest absolute Gasteiger partial charge is 0.408 e. The molecule has 1 atom stereocenters. The van der Waals surface area contributed by atoms with Crippen LogP contribution >= 0.6 is 0 Å². The molecule has 1 N–H and O–H groups in total. The Morgan fingerprint density at radius 3 is 2.60 bits per heavy atom. The summed E-state index contributed by atoms with van der Waals surface area (Å²) in [5, 5.41) is 3.01. The van der Waals surface area contributed by atoms with Gasteiger partial charge in [0.25, 0.3) is 0 Å². The lowest BCUT2D eigenvalue weighted by atomic mass is 9.82. The van der Waals surface area contributed by atoms with Crippen molar-refractivity contribution in [3.63, 3.8) is 0 Å². The first kappa shape index (κ1) is 13.4. The number of ether oxygens (including phenoxy) is 1. The zero-order chi connectivity index (χ0) is 14.2. The molecule has 0 radical (unpaired) electrons. The summed E-state index contributed by atoms with van der Waals surface area (Å²) >= 11 is 0. The topological polar surface area (TPSA) is 41.6 Å². The fraction of sp³-hybridized carbons (Fsp3) is 0.562. The quantitative estimate of drug-likeness (QED) is 0.898. The summed E-state index contributed by atoms with van der Waals surface area (Å²) in [6.45, 7) is 4.06. The normalized spacial score (nSPS) is 25.5. The van der Waals surface area contributed by atoms with Gasteiger partial charge in [0.1, 0.15) is 5.60 Å². The molecule has 0 bridgehead atoms. The number of nitrogens with one attached hydrogen (secondary N) is 1. The van der Waals surface area contributed by atoms with Gasteiger partial charge in [0.15, 0.2) is 0 Å². The average molecular weight is 274 g/mol. The van der Waals surface area contributed by atoms with Gasteiger partial charge >= 0.3 is 6.09 Å². The second-order valence-corrected chi connectivity index (χ2v) is 6.14. The molecule has 2 fully saturated rings. The second kappa shape index (κ2) is 5.09. The molecule has 1 aromatic rings. The van der Waals surface area contributed by atoms with Gasteiger partial charge in [0, 0.05) is 25.9 Å². The number of carbonyl (C=O) groups excluding carboxylic acids is 1. The molecule has 3 rings (SSSR count). The van der Waals surface area contributed by atoms with Gasteiger partial charge in [-0.1, -0.05) is 29.8 Å². The fourth-order valence-corrected chi connectivity index (χ4v) is 3.20. The van der Waals surface area contributed by atoms with Crippen LogP contribution in [-0.2, 0) is 11.2 Å². The lowest BCUT2D eigenvalue weighted by molar-refractivity contribution is -0.0132. The molecule has 2 saturated heterocycles. The number of benzene rings is 1. The Kier molecular flexibility index (Phi) is 3.42. The number of hydrogen-bond donors (Lipinski definition) is 1. The first-order valence-electron chi connectivity index (χ1n) is 7.31. The monoisotopic (exact) mass is 274 g/mol. The van der Waals surface area contributed by atoms with Gasteiger partial charge in [0.05, 0.1) is 6.04 Å². The number of likely N-dealkylation sites (tertiary alicyclic amines) is 1. The Bertz CT molecular complexity index is 490. The van der Waals surface area contributed by atoms with Gasteiger partial charge in [-0.25, -0.2) is 4.79 Å². The minimum absolute atomic E-state index is 0.0893. The molecule has 2 heterocycles. The molecule has 4 heteroatoms. The van der Waals surface area contributed by atoms with Crippen LogP contribution in [0.25, 0.3) is 0 Å². The molecule has 2 aliphatic rings. The van der Waals surface area contributed by atoms with Crippen molar-refractivity contribution in [1.82, 2.24) is 10.2 Å². The average Bonchev–Trinajstić information content (AvgIpc) is 2.72. The van der Waals surface area contributed by atoms with Crippen molar-refractivity contribution in [3.05, 3.63) is 35.4 Å². The van der Waals surface area contributed by atoms with Crippen molar-refractivity contribution in [2.75, 3.05) is 20.1 Å². The molecule has 0 aromatic heterocycles. The van der Waals surface area contributed by atoms with Crippen LogP contribution < -0.4 is 5.32 Å². The number of piperidine rings is 1. The molecule has 1 spiro atoms. The van der Waals surface area contributed by atoms with Crippen LogP contribution in [0.1, 0.15) is 24.0 Å². The fourth-order valence-electron chi connectivity index (χ4n) is 3.20. The van der Waals surface area contributed by atoms with Crippen LogP contribution in [0.3, 0.4) is 0 Å². The van der Waals surface area contributed by atoms with E-state index < -0.39 is 0 Å². The van der Waals surface area contributed by atoms with Gasteiger partial charge in [-0.3, -0.25) is 0 Å². The number of aryl methyl sites for hydroxylation is 1. The summed E-state index contributed by atoms with van der Waals surface area (Å²) in [4.78, 5) is 14.0. The van der Waals surface area contributed by atoms with Crippen molar-refractivity contribution in [2.24, 2.45) is 0 Å². The van der Waals surface area contributed by atoms with Crippen molar-refractivity contribution >= 4 is 6.09 Å². The summed E-state index contributed by atoms with van der Waals surface area (Å²) in [6.07, 6.45) is 2.42. The minimum atomic E-state index is -0.311. The maximum absolute atomic E-state index is 11.7. The third-order valence-corrected chi connectivity index (χ3v) is 4.62. The SMILES string of the molecule is Cc1ccc(CC2NC(=O)OC23CCN(C)CC3)cc1. The number of carbonyl (C=O) groups is 1. The highest BCUT2D eigenvalue weighted by molar-refractivity contribution is 5.71. The van der Waals surface area contributed by atoms with E-state index in [-0.39, 0.29) is 17.7 Å². The summed E-state index contributed by atoms with van der Waals surface area (Å²) < 4.78 is 5.67. The number of nitrogens with zero attached hydrogens (tertiary/aromatic N) is 1. The highest BCUT2D eigenvalue weighted by Crippen LogP contribution is 2.35. The predicted octanol–water partition coefficient (Wildman–Crippen LogP) is 2.11. The molecule has 108 valence electrons. The highest BCUT2D eigenvalue weighted by Gasteiger charge is 2.49. The molecule has 20 heavy (non-hydrogen) atoms. The Hall–Kier alpha value is -1.55. The Morgan fingerprint density at radius 2 is 1.95 bits per heavy atom. The Balaban J connectivity index is 1.76. The van der Waals surface area contributed by atoms with Crippen molar-refractivity contribution in [2.45, 2.75) is 37.8 Å². The van der Waals surface area contributed by atoms with E-state index in [0.717, 1.165) is 32.4 Å². The standard InChI is InChI=1S/C16H22N2O2/c1-12-3-5-13(6-4-12)11-14-16(20-15(19)17-14)7-9-18(2)10-8-16/h3-6,14H,7-11H2,1-2H3,(H,17,19). The van der Waals surface area contributed by atoms with E-state index in [1.807, 2.05) is 0 Å². The van der Waals surface area contributed by atoms with Crippen LogP contribution in [0.5, 0.6) is 0 Å². The lowest BCUT2D eigenvalue weighted by Crippen LogP contribution is -2.51. The molecule has 1 aromatic carbocycles. The summed E-state index contributed by atoms with van der Waals surface area (Å²) in [6, 6.07) is 8.61. The van der Waals surface area contributed by atoms with E-state index in [2.05, 4.69) is 48.5 Å². The van der Waals surface area contributed by atoms with E-state index in [1.54, 1.807) is 0 Å². The molecule has 0 aliphatic carbocycles. The van der Waals surface area contributed by atoms with Crippen molar-refractivity contribution in [1.29, 1.82) is 0 Å². The Labute approximate surface area is 120 Å². The third kappa shape index (κ3) is 2.52. The minimum Gasteiger partial charge on any atom is -0.441 e. The maximum Gasteiger partial charge on any atom is 0.408 e. The van der Waals surface area contributed by atoms with E-state index in [1.165, 1.54) is 11.1 Å². The van der Waals surface area contributed by atoms with E-state index in [9.17, 15) is 4.79 Å². The highest BCUT2D eigenvalue weighted by atomic mass is 16.6. The van der Waals surface area contributed by atoms with E-state index >= 15 is 0 Å². The number of rotatable bonds is 2. The zero-order valence-corrected chi connectivity index (χ0v) is 12.2. The first-order chi connectivity index (χ1) is 9.57. The molecule has 4 nitrogen and oxygen atoms in total. The number of amides is 1. The number of alkyl carbamates (subject to hydrolysis) is 1. The molecular formula is C16H22N2O2. The van der Waals surface area contributed by atoms with E-state index in [0.29, 0.717) is 0 Å². The van der Waals surface area contributed by atoms with Gasteiger partial charge in [-0.05, 0) is 26.0 Å². The van der Waals surface area contributed by atoms with Crippen molar-refractivity contribution < 1.29 is 9.53 Å². The van der Waals surface area contributed by atoms with Crippen LogP contribution in [0.15, 0.2) is 24.3 Å². The molecule has 1 unspecified atom stereocenters. The van der Waals surface area contributed by atoms with Gasteiger partial charge in [0.2, 0.25) is 0 Å². The summed E-state index contributed by atoms with van der Waals surface area (Å²) in [5.41, 5.74) is 2.20. The van der Waals surface area contributed by atoms with Crippen molar-refractivity contribution in [3.8, 4) is 0 Å². The maximum atomic E-state index is 11.7. The van der Waals surface area contributed by atoms with E-state index in [4.69, 9.17) is 4.74 Å². The second-order valence-electron chi connectivity index (χ2n) is 6.14. The van der Waals surface area contributed by atoms with Crippen LogP contribution in [0.4, 0.5) is 4.79 Å². The lowest BCUT2D eigenvalue weighted by Gasteiger charge is -2.39. The third-order valence-electron chi connectivity index (χ3n) is 4.62. The van der Waals surface area contributed by atoms with Crippen LogP contribution in [0.2, 0.25) is 0 Å². The molecule has 1 amide bonds. The van der Waals surface area contributed by atoms with Crippen LogP contribution in [0, 0.1) is 6.92 Å². The number of hydrogen-bond acceptors (Lipinski definition) is 3. The van der Waals surface area contributed by atoms with Crippen LogP contribution in [-0.4, -0.2) is 42.8 Å². The largest absolute Gasteiger partial charge is 0.441 e. The predicted molar refractivity (Wildman–Crippen MR) is 77.7 cm³/mol. The molecule has 0 saturated carbocycles. The first-order valence-corrected chi connectivity index (χ1v) is 7.31. The summed E-state index contributed by atoms with van der Waals surface area (Å²) in [7, 11) is 2.12.